The van der Waals surface area contributed by atoms with Gasteiger partial charge in [0.15, 0.2) is 0 Å². The van der Waals surface area contributed by atoms with Gasteiger partial charge in [-0.05, 0) is 33.4 Å². The summed E-state index contributed by atoms with van der Waals surface area (Å²) in [5.41, 5.74) is -0.270. The van der Waals surface area contributed by atoms with Crippen LogP contribution in [0.5, 0.6) is 0 Å². The fraction of sp³-hybridized carbons (Fsp3) is 0.800. The Morgan fingerprint density at radius 3 is 2.79 bits per heavy atom. The number of aliphatic hydroxyl groups is 1. The average Bonchev–Trinajstić information content (AvgIpc) is 2.40. The van der Waals surface area contributed by atoms with Gasteiger partial charge in [-0.3, -0.25) is 4.90 Å². The van der Waals surface area contributed by atoms with Gasteiger partial charge in [0.05, 0.1) is 13.2 Å². The SMILES string of the molecule is CN1[C@@H](C/C=C(\F)CO)COC1(C)C. The summed E-state index contributed by atoms with van der Waals surface area (Å²) in [5.74, 6) is -0.469. The van der Waals surface area contributed by atoms with E-state index in [1.807, 2.05) is 20.9 Å². The Hall–Kier alpha value is -0.450. The van der Waals surface area contributed by atoms with Gasteiger partial charge >= 0.3 is 0 Å². The Balaban J connectivity index is 2.49. The molecule has 0 bridgehead atoms. The van der Waals surface area contributed by atoms with E-state index in [2.05, 4.69) is 4.90 Å². The quantitative estimate of drug-likeness (QED) is 0.750. The molecule has 0 saturated carbocycles. The third-order valence-electron chi connectivity index (χ3n) is 2.79. The third kappa shape index (κ3) is 2.53. The van der Waals surface area contributed by atoms with Crippen LogP contribution in [0.2, 0.25) is 0 Å². The normalized spacial score (nSPS) is 28.4. The summed E-state index contributed by atoms with van der Waals surface area (Å²) in [6, 6.07) is 0.197. The molecule has 0 aromatic rings. The van der Waals surface area contributed by atoms with Gasteiger partial charge in [-0.15, -0.1) is 0 Å². The molecule has 0 aromatic heterocycles. The van der Waals surface area contributed by atoms with E-state index in [-0.39, 0.29) is 11.8 Å². The first-order valence-corrected chi connectivity index (χ1v) is 4.79. The smallest absolute Gasteiger partial charge is 0.121 e. The molecular formula is C10H18FNO2. The molecule has 0 radical (unpaired) electrons. The zero-order valence-electron chi connectivity index (χ0n) is 8.96. The number of nitrogens with zero attached hydrogens (tertiary/aromatic N) is 1. The lowest BCUT2D eigenvalue weighted by Crippen LogP contribution is -2.40. The van der Waals surface area contributed by atoms with Gasteiger partial charge < -0.3 is 9.84 Å². The van der Waals surface area contributed by atoms with E-state index < -0.39 is 12.4 Å². The van der Waals surface area contributed by atoms with Crippen molar-refractivity contribution in [2.75, 3.05) is 20.3 Å². The van der Waals surface area contributed by atoms with E-state index in [1.54, 1.807) is 0 Å². The van der Waals surface area contributed by atoms with E-state index in [0.717, 1.165) is 0 Å². The maximum atomic E-state index is 12.7. The number of aliphatic hydroxyl groups excluding tert-OH is 1. The van der Waals surface area contributed by atoms with Gasteiger partial charge in [0, 0.05) is 6.04 Å². The molecule has 1 heterocycles. The lowest BCUT2D eigenvalue weighted by Gasteiger charge is -2.29. The lowest BCUT2D eigenvalue weighted by molar-refractivity contribution is -0.0411. The fourth-order valence-corrected chi connectivity index (χ4v) is 1.51. The predicted octanol–water partition coefficient (Wildman–Crippen LogP) is 1.29. The van der Waals surface area contributed by atoms with Crippen molar-refractivity contribution >= 4 is 0 Å². The molecule has 3 nitrogen and oxygen atoms in total. The van der Waals surface area contributed by atoms with Gasteiger partial charge in [-0.2, -0.15) is 0 Å². The van der Waals surface area contributed by atoms with Crippen molar-refractivity contribution in [1.82, 2.24) is 4.90 Å². The van der Waals surface area contributed by atoms with Crippen molar-refractivity contribution in [2.45, 2.75) is 32.0 Å². The molecule has 1 rings (SSSR count). The van der Waals surface area contributed by atoms with Crippen LogP contribution in [-0.2, 0) is 4.74 Å². The molecule has 4 heteroatoms. The Morgan fingerprint density at radius 2 is 2.36 bits per heavy atom. The summed E-state index contributed by atoms with van der Waals surface area (Å²) >= 11 is 0. The van der Waals surface area contributed by atoms with Crippen molar-refractivity contribution in [3.05, 3.63) is 11.9 Å². The van der Waals surface area contributed by atoms with Gasteiger partial charge in [0.2, 0.25) is 0 Å². The second-order valence-corrected chi connectivity index (χ2v) is 4.07. The molecular weight excluding hydrogens is 185 g/mol. The zero-order valence-corrected chi connectivity index (χ0v) is 8.96. The first-order chi connectivity index (χ1) is 6.47. The minimum Gasteiger partial charge on any atom is -0.389 e. The molecule has 0 unspecified atom stereocenters. The monoisotopic (exact) mass is 203 g/mol. The Kier molecular flexibility index (Phi) is 3.64. The Bertz CT molecular complexity index is 228. The summed E-state index contributed by atoms with van der Waals surface area (Å²) in [5, 5.41) is 8.49. The summed E-state index contributed by atoms with van der Waals surface area (Å²) in [4.78, 5) is 2.08. The number of rotatable bonds is 3. The molecule has 1 aliphatic rings. The minimum absolute atomic E-state index is 0.197. The molecule has 1 atom stereocenters. The van der Waals surface area contributed by atoms with E-state index in [1.165, 1.54) is 6.08 Å². The van der Waals surface area contributed by atoms with E-state index in [4.69, 9.17) is 9.84 Å². The van der Waals surface area contributed by atoms with Crippen molar-refractivity contribution < 1.29 is 14.2 Å². The number of likely N-dealkylation sites (N-methyl/N-ethyl adjacent to an activating group) is 1. The fourth-order valence-electron chi connectivity index (χ4n) is 1.51. The van der Waals surface area contributed by atoms with Gasteiger partial charge in [-0.1, -0.05) is 0 Å². The summed E-state index contributed by atoms with van der Waals surface area (Å²) in [7, 11) is 1.96. The van der Waals surface area contributed by atoms with Crippen LogP contribution in [0.15, 0.2) is 11.9 Å². The summed E-state index contributed by atoms with van der Waals surface area (Å²) in [6.45, 7) is 4.07. The van der Waals surface area contributed by atoms with E-state index >= 15 is 0 Å². The predicted molar refractivity (Wildman–Crippen MR) is 52.5 cm³/mol. The van der Waals surface area contributed by atoms with Gasteiger partial charge in [0.1, 0.15) is 11.6 Å². The van der Waals surface area contributed by atoms with Crippen LogP contribution in [0.1, 0.15) is 20.3 Å². The number of ether oxygens (including phenoxy) is 1. The molecule has 1 aliphatic heterocycles. The third-order valence-corrected chi connectivity index (χ3v) is 2.79. The molecule has 82 valence electrons. The van der Waals surface area contributed by atoms with Crippen molar-refractivity contribution in [2.24, 2.45) is 0 Å². The number of hydrogen-bond donors (Lipinski definition) is 1. The van der Waals surface area contributed by atoms with Crippen LogP contribution in [0.3, 0.4) is 0 Å². The lowest BCUT2D eigenvalue weighted by atomic mass is 10.1. The molecule has 0 spiro atoms. The molecule has 1 N–H and O–H groups in total. The maximum Gasteiger partial charge on any atom is 0.121 e. The first kappa shape index (κ1) is 11.6. The van der Waals surface area contributed by atoms with Gasteiger partial charge in [0.25, 0.3) is 0 Å². The van der Waals surface area contributed by atoms with Crippen LogP contribution < -0.4 is 0 Å². The molecule has 14 heavy (non-hydrogen) atoms. The average molecular weight is 203 g/mol. The Labute approximate surface area is 84.2 Å². The van der Waals surface area contributed by atoms with E-state index in [0.29, 0.717) is 13.0 Å². The highest BCUT2D eigenvalue weighted by Crippen LogP contribution is 2.26. The van der Waals surface area contributed by atoms with Crippen LogP contribution in [-0.4, -0.2) is 42.0 Å². The van der Waals surface area contributed by atoms with Crippen LogP contribution in [0, 0.1) is 0 Å². The summed E-state index contributed by atoms with van der Waals surface area (Å²) < 4.78 is 18.2. The first-order valence-electron chi connectivity index (χ1n) is 4.79. The highest BCUT2D eigenvalue weighted by Gasteiger charge is 2.36. The number of halogens is 1. The molecule has 1 saturated heterocycles. The van der Waals surface area contributed by atoms with Gasteiger partial charge in [-0.25, -0.2) is 4.39 Å². The minimum atomic E-state index is -0.513. The van der Waals surface area contributed by atoms with Crippen molar-refractivity contribution in [3.63, 3.8) is 0 Å². The largest absolute Gasteiger partial charge is 0.389 e. The second-order valence-electron chi connectivity index (χ2n) is 4.07. The summed E-state index contributed by atoms with van der Waals surface area (Å²) in [6.07, 6.45) is 2.00. The zero-order chi connectivity index (χ0) is 10.8. The molecule has 0 aromatic carbocycles. The standard InChI is InChI=1S/C10H18FNO2/c1-10(2)12(3)9(7-14-10)5-4-8(11)6-13/h4,9,13H,5-7H2,1-3H3/b8-4-/t9-/m0/s1. The highest BCUT2D eigenvalue weighted by atomic mass is 19.1. The highest BCUT2D eigenvalue weighted by molar-refractivity contribution is 4.96. The topological polar surface area (TPSA) is 32.7 Å². The van der Waals surface area contributed by atoms with Crippen LogP contribution in [0.25, 0.3) is 0 Å². The molecule has 1 fully saturated rings. The number of hydrogen-bond acceptors (Lipinski definition) is 3. The second kappa shape index (κ2) is 4.38. The molecule has 0 aliphatic carbocycles. The maximum absolute atomic E-state index is 12.7. The van der Waals surface area contributed by atoms with E-state index in [9.17, 15) is 4.39 Å². The van der Waals surface area contributed by atoms with Crippen molar-refractivity contribution in [1.29, 1.82) is 0 Å². The van der Waals surface area contributed by atoms with Crippen LogP contribution >= 0.6 is 0 Å². The Morgan fingerprint density at radius 1 is 1.71 bits per heavy atom. The molecule has 0 amide bonds. The van der Waals surface area contributed by atoms with Crippen molar-refractivity contribution in [3.8, 4) is 0 Å². The van der Waals surface area contributed by atoms with Crippen LogP contribution in [0.4, 0.5) is 4.39 Å².